The number of ether oxygens (including phenoxy) is 1. The Kier molecular flexibility index (Phi) is 7.25. The van der Waals surface area contributed by atoms with E-state index in [9.17, 15) is 14.0 Å². The molecule has 2 aromatic rings. The van der Waals surface area contributed by atoms with Gasteiger partial charge in [-0.25, -0.2) is 9.18 Å². The van der Waals surface area contributed by atoms with Crippen molar-refractivity contribution in [1.82, 2.24) is 15.5 Å². The number of nitrogens with zero attached hydrogens (tertiary/aromatic N) is 1. The number of rotatable bonds is 7. The summed E-state index contributed by atoms with van der Waals surface area (Å²) in [6, 6.07) is 9.54. The van der Waals surface area contributed by atoms with E-state index in [0.29, 0.717) is 38.5 Å². The van der Waals surface area contributed by atoms with Gasteiger partial charge in [-0.2, -0.15) is 0 Å². The molecule has 1 aliphatic rings. The number of thiophene rings is 1. The molecule has 0 saturated carbocycles. The molecular formula is C20H24FN3O3S. The van der Waals surface area contributed by atoms with Gasteiger partial charge >= 0.3 is 6.03 Å². The van der Waals surface area contributed by atoms with Crippen LogP contribution in [0.4, 0.5) is 9.18 Å². The molecule has 150 valence electrons. The first-order valence-corrected chi connectivity index (χ1v) is 10.2. The van der Waals surface area contributed by atoms with Crippen LogP contribution in [0, 0.1) is 11.7 Å². The van der Waals surface area contributed by atoms with Crippen LogP contribution in [0.15, 0.2) is 41.8 Å². The first kappa shape index (κ1) is 20.1. The molecule has 0 radical (unpaired) electrons. The maximum absolute atomic E-state index is 12.9. The normalized spacial score (nSPS) is 16.5. The van der Waals surface area contributed by atoms with Crippen molar-refractivity contribution in [2.75, 3.05) is 26.2 Å². The Bertz CT molecular complexity index is 768. The zero-order valence-corrected chi connectivity index (χ0v) is 16.3. The monoisotopic (exact) mass is 405 g/mol. The van der Waals surface area contributed by atoms with Crippen LogP contribution >= 0.6 is 11.3 Å². The third-order valence-electron chi connectivity index (χ3n) is 4.56. The molecule has 1 atom stereocenters. The minimum Gasteiger partial charge on any atom is -0.492 e. The number of likely N-dealkylation sites (tertiary alicyclic amines) is 1. The van der Waals surface area contributed by atoms with Crippen LogP contribution < -0.4 is 15.4 Å². The second-order valence-corrected chi connectivity index (χ2v) is 7.65. The Hall–Kier alpha value is -2.61. The third kappa shape index (κ3) is 5.95. The molecule has 2 N–H and O–H groups in total. The summed E-state index contributed by atoms with van der Waals surface area (Å²) in [5, 5.41) is 7.74. The van der Waals surface area contributed by atoms with Crippen LogP contribution in [0.2, 0.25) is 0 Å². The van der Waals surface area contributed by atoms with E-state index in [-0.39, 0.29) is 23.7 Å². The maximum Gasteiger partial charge on any atom is 0.317 e. The van der Waals surface area contributed by atoms with Crippen LogP contribution in [0.25, 0.3) is 0 Å². The Balaban J connectivity index is 1.37. The smallest absolute Gasteiger partial charge is 0.317 e. The van der Waals surface area contributed by atoms with E-state index in [1.165, 1.54) is 12.1 Å². The number of nitrogens with one attached hydrogen (secondary N) is 2. The Morgan fingerprint density at radius 2 is 2.04 bits per heavy atom. The molecule has 1 aromatic carbocycles. The number of amides is 3. The number of urea groups is 1. The third-order valence-corrected chi connectivity index (χ3v) is 5.43. The Morgan fingerprint density at radius 1 is 1.21 bits per heavy atom. The predicted octanol–water partition coefficient (Wildman–Crippen LogP) is 3.00. The van der Waals surface area contributed by atoms with E-state index < -0.39 is 0 Å². The van der Waals surface area contributed by atoms with Gasteiger partial charge in [0, 0.05) is 18.0 Å². The van der Waals surface area contributed by atoms with Crippen LogP contribution in [-0.4, -0.2) is 43.1 Å². The molecule has 6 nitrogen and oxygen atoms in total. The lowest BCUT2D eigenvalue weighted by molar-refractivity contribution is -0.126. The van der Waals surface area contributed by atoms with Crippen LogP contribution in [0.1, 0.15) is 17.7 Å². The van der Waals surface area contributed by atoms with Crippen molar-refractivity contribution < 1.29 is 18.7 Å². The highest BCUT2D eigenvalue weighted by atomic mass is 32.1. The average molecular weight is 405 g/mol. The van der Waals surface area contributed by atoms with Gasteiger partial charge in [0.15, 0.2) is 0 Å². The fraction of sp³-hybridized carbons (Fsp3) is 0.400. The van der Waals surface area contributed by atoms with Gasteiger partial charge < -0.3 is 20.3 Å². The summed E-state index contributed by atoms with van der Waals surface area (Å²) in [6.45, 7) is 2.24. The lowest BCUT2D eigenvalue weighted by Gasteiger charge is -2.32. The fourth-order valence-corrected chi connectivity index (χ4v) is 3.73. The lowest BCUT2D eigenvalue weighted by atomic mass is 9.97. The highest BCUT2D eigenvalue weighted by Gasteiger charge is 2.28. The van der Waals surface area contributed by atoms with Gasteiger partial charge in [-0.05, 0) is 48.6 Å². The van der Waals surface area contributed by atoms with Crippen LogP contribution in [0.5, 0.6) is 5.75 Å². The molecule has 0 bridgehead atoms. The highest BCUT2D eigenvalue weighted by Crippen LogP contribution is 2.17. The zero-order valence-electron chi connectivity index (χ0n) is 15.5. The Labute approximate surface area is 167 Å². The number of hydrogen-bond acceptors (Lipinski definition) is 4. The van der Waals surface area contributed by atoms with Crippen molar-refractivity contribution in [3.63, 3.8) is 0 Å². The number of halogens is 1. The molecule has 28 heavy (non-hydrogen) atoms. The highest BCUT2D eigenvalue weighted by molar-refractivity contribution is 7.09. The van der Waals surface area contributed by atoms with Crippen molar-refractivity contribution >= 4 is 23.3 Å². The van der Waals surface area contributed by atoms with E-state index in [2.05, 4.69) is 10.6 Å². The summed E-state index contributed by atoms with van der Waals surface area (Å²) < 4.78 is 18.3. The summed E-state index contributed by atoms with van der Waals surface area (Å²) in [4.78, 5) is 27.5. The van der Waals surface area contributed by atoms with Gasteiger partial charge in [-0.1, -0.05) is 6.07 Å². The van der Waals surface area contributed by atoms with Crippen molar-refractivity contribution in [3.05, 3.63) is 52.5 Å². The molecule has 1 saturated heterocycles. The number of hydrogen-bond donors (Lipinski definition) is 2. The van der Waals surface area contributed by atoms with Gasteiger partial charge in [0.2, 0.25) is 5.91 Å². The van der Waals surface area contributed by atoms with E-state index in [4.69, 9.17) is 4.74 Å². The molecule has 0 aliphatic carbocycles. The minimum atomic E-state index is -0.318. The van der Waals surface area contributed by atoms with E-state index in [1.54, 1.807) is 28.4 Å². The first-order chi connectivity index (χ1) is 13.6. The summed E-state index contributed by atoms with van der Waals surface area (Å²) in [5.74, 6) is -0.0469. The molecule has 3 rings (SSSR count). The number of carbonyl (C=O) groups is 2. The quantitative estimate of drug-likeness (QED) is 0.696. The van der Waals surface area contributed by atoms with Crippen molar-refractivity contribution in [1.29, 1.82) is 0 Å². The number of piperidine rings is 1. The zero-order chi connectivity index (χ0) is 19.8. The molecule has 8 heteroatoms. The molecule has 1 fully saturated rings. The summed E-state index contributed by atoms with van der Waals surface area (Å²) in [6.07, 6.45) is 1.57. The first-order valence-electron chi connectivity index (χ1n) is 9.33. The molecular weight excluding hydrogens is 381 g/mol. The van der Waals surface area contributed by atoms with Crippen LogP contribution in [-0.2, 0) is 11.3 Å². The standard InChI is InChI=1S/C20H24FN3O3S/c21-16-5-7-17(8-6-16)27-11-9-22-19(25)15-3-1-10-24(14-15)20(26)23-13-18-4-2-12-28-18/h2,4-8,12,15H,1,3,9-11,13-14H2,(H,22,25)(H,23,26). The molecule has 3 amide bonds. The van der Waals surface area contributed by atoms with E-state index in [0.717, 1.165) is 17.7 Å². The summed E-state index contributed by atoms with van der Waals surface area (Å²) >= 11 is 1.60. The lowest BCUT2D eigenvalue weighted by Crippen LogP contribution is -2.49. The predicted molar refractivity (Wildman–Crippen MR) is 106 cm³/mol. The molecule has 1 aliphatic heterocycles. The maximum atomic E-state index is 12.9. The molecule has 1 aromatic heterocycles. The summed E-state index contributed by atoms with van der Waals surface area (Å²) in [7, 11) is 0. The minimum absolute atomic E-state index is 0.0709. The SMILES string of the molecule is O=C(NCCOc1ccc(F)cc1)C1CCCN(C(=O)NCc2cccs2)C1. The number of carbonyl (C=O) groups excluding carboxylic acids is 2. The largest absolute Gasteiger partial charge is 0.492 e. The van der Waals surface area contributed by atoms with Gasteiger partial charge in [0.1, 0.15) is 18.2 Å². The van der Waals surface area contributed by atoms with Gasteiger partial charge in [0.05, 0.1) is 19.0 Å². The van der Waals surface area contributed by atoms with E-state index >= 15 is 0 Å². The fourth-order valence-electron chi connectivity index (χ4n) is 3.08. The summed E-state index contributed by atoms with van der Waals surface area (Å²) in [5.41, 5.74) is 0. The van der Waals surface area contributed by atoms with Gasteiger partial charge in [0.25, 0.3) is 0 Å². The average Bonchev–Trinajstić information content (AvgIpc) is 3.24. The van der Waals surface area contributed by atoms with Crippen molar-refractivity contribution in [2.24, 2.45) is 5.92 Å². The van der Waals surface area contributed by atoms with Gasteiger partial charge in [-0.3, -0.25) is 4.79 Å². The Morgan fingerprint density at radius 3 is 2.79 bits per heavy atom. The molecule has 0 spiro atoms. The van der Waals surface area contributed by atoms with Crippen LogP contribution in [0.3, 0.4) is 0 Å². The topological polar surface area (TPSA) is 70.7 Å². The second-order valence-electron chi connectivity index (χ2n) is 6.62. The van der Waals surface area contributed by atoms with Crippen molar-refractivity contribution in [2.45, 2.75) is 19.4 Å². The molecule has 2 heterocycles. The van der Waals surface area contributed by atoms with Gasteiger partial charge in [-0.15, -0.1) is 11.3 Å². The molecule has 1 unspecified atom stereocenters. The number of benzene rings is 1. The van der Waals surface area contributed by atoms with Crippen molar-refractivity contribution in [3.8, 4) is 5.75 Å². The van der Waals surface area contributed by atoms with E-state index in [1.807, 2.05) is 17.5 Å². The second kappa shape index (κ2) is 10.1.